The molecule has 1 N–H and O–H groups in total. The number of rotatable bonds is 5. The highest BCUT2D eigenvalue weighted by Gasteiger charge is 2.69. The molecule has 0 bridgehead atoms. The molecule has 1 saturated heterocycles. The molecule has 4 atom stereocenters. The van der Waals surface area contributed by atoms with E-state index in [4.69, 9.17) is 4.74 Å². The summed E-state index contributed by atoms with van der Waals surface area (Å²) in [7, 11) is 1.56. The minimum atomic E-state index is -1.44. The number of nitro benzene ring substituents is 1. The number of non-ortho nitro benzene ring substituents is 1. The highest BCUT2D eigenvalue weighted by molar-refractivity contribution is 6.16. The molecule has 0 saturated carbocycles. The van der Waals surface area contributed by atoms with E-state index in [2.05, 4.69) is 5.32 Å². The number of ketones is 2. The molecule has 3 aliphatic rings. The Morgan fingerprint density at radius 2 is 1.87 bits per heavy atom. The predicted octanol–water partition coefficient (Wildman–Crippen LogP) is 4.17. The molecule has 4 unspecified atom stereocenters. The molecule has 0 radical (unpaired) electrons. The van der Waals surface area contributed by atoms with E-state index in [1.165, 1.54) is 31.2 Å². The minimum Gasteiger partial charge on any atom is -0.497 e. The number of nitrogens with one attached hydrogen (secondary N) is 1. The maximum atomic E-state index is 14.4. The Labute approximate surface area is 217 Å². The van der Waals surface area contributed by atoms with Gasteiger partial charge in [-0.25, -0.2) is 0 Å². The predicted molar refractivity (Wildman–Crippen MR) is 140 cm³/mol. The summed E-state index contributed by atoms with van der Waals surface area (Å²) in [5, 5.41) is 14.4. The Morgan fingerprint density at radius 3 is 2.61 bits per heavy atom. The van der Waals surface area contributed by atoms with Crippen LogP contribution in [0.25, 0.3) is 6.08 Å². The number of amides is 1. The Balaban J connectivity index is 1.63. The third-order valence-corrected chi connectivity index (χ3v) is 7.88. The van der Waals surface area contributed by atoms with Crippen LogP contribution in [0.5, 0.6) is 5.75 Å². The van der Waals surface area contributed by atoms with E-state index in [1.54, 1.807) is 37.4 Å². The Morgan fingerprint density at radius 1 is 1.08 bits per heavy atom. The number of Topliss-reactive ketones (excluding diaryl/α,β-unsaturated/α-hetero) is 2. The van der Waals surface area contributed by atoms with E-state index in [9.17, 15) is 24.5 Å². The van der Waals surface area contributed by atoms with Crippen molar-refractivity contribution in [2.45, 2.75) is 24.4 Å². The van der Waals surface area contributed by atoms with E-state index in [1.807, 2.05) is 29.2 Å². The molecule has 9 nitrogen and oxygen atoms in total. The zero-order valence-corrected chi connectivity index (χ0v) is 20.6. The number of methoxy groups -OCH3 is 1. The highest BCUT2D eigenvalue weighted by atomic mass is 16.6. The smallest absolute Gasteiger partial charge is 0.270 e. The second kappa shape index (κ2) is 8.37. The first-order valence-electron chi connectivity index (χ1n) is 12.1. The molecule has 1 amide bonds. The van der Waals surface area contributed by atoms with Gasteiger partial charge in [0.25, 0.3) is 5.69 Å². The molecule has 6 rings (SSSR count). The van der Waals surface area contributed by atoms with E-state index in [0.717, 1.165) is 5.56 Å². The van der Waals surface area contributed by atoms with Gasteiger partial charge in [-0.3, -0.25) is 24.5 Å². The fourth-order valence-electron chi connectivity index (χ4n) is 6.39. The summed E-state index contributed by atoms with van der Waals surface area (Å²) in [5.74, 6) is -1.69. The van der Waals surface area contributed by atoms with Gasteiger partial charge in [-0.15, -0.1) is 0 Å². The van der Waals surface area contributed by atoms with Crippen molar-refractivity contribution in [1.29, 1.82) is 0 Å². The number of para-hydroxylation sites is 1. The lowest BCUT2D eigenvalue weighted by atomic mass is 9.64. The third kappa shape index (κ3) is 3.08. The first-order valence-corrected chi connectivity index (χ1v) is 12.1. The molecule has 1 fully saturated rings. The van der Waals surface area contributed by atoms with E-state index in [0.29, 0.717) is 22.7 Å². The van der Waals surface area contributed by atoms with Gasteiger partial charge >= 0.3 is 0 Å². The number of nitro groups is 1. The lowest BCUT2D eigenvalue weighted by molar-refractivity contribution is -0.384. The van der Waals surface area contributed by atoms with Crippen molar-refractivity contribution in [3.05, 3.63) is 99.6 Å². The van der Waals surface area contributed by atoms with Gasteiger partial charge in [0.2, 0.25) is 5.91 Å². The van der Waals surface area contributed by atoms with E-state index >= 15 is 0 Å². The van der Waals surface area contributed by atoms with Gasteiger partial charge in [0.05, 0.1) is 30.0 Å². The number of anilines is 2. The monoisotopic (exact) mass is 509 g/mol. The summed E-state index contributed by atoms with van der Waals surface area (Å²) >= 11 is 0. The number of hydrogen-bond donors (Lipinski definition) is 1. The Hall–Kier alpha value is -4.79. The second-order valence-electron chi connectivity index (χ2n) is 9.71. The van der Waals surface area contributed by atoms with Crippen molar-refractivity contribution in [3.63, 3.8) is 0 Å². The van der Waals surface area contributed by atoms with Crippen LogP contribution in [0.3, 0.4) is 0 Å². The lowest BCUT2D eigenvalue weighted by Gasteiger charge is -2.37. The summed E-state index contributed by atoms with van der Waals surface area (Å²) in [6, 6.07) is 16.4. The third-order valence-electron chi connectivity index (χ3n) is 7.88. The molecule has 0 aromatic heterocycles. The molecule has 190 valence electrons. The molecule has 3 aromatic rings. The average molecular weight is 510 g/mol. The van der Waals surface area contributed by atoms with Gasteiger partial charge in [0.15, 0.2) is 11.6 Å². The number of benzene rings is 3. The van der Waals surface area contributed by atoms with Gasteiger partial charge in [-0.2, -0.15) is 0 Å². The standard InChI is InChI=1S/C29H23N3O6/c1-16(33)26-25(27(34)18-6-5-7-19(14-18)32(36)37)29(21-8-3-4-9-22(21)30-28(29)35)24-13-10-17-15-20(38-2)11-12-23(17)31(24)26/h3-15,24-26H,1-2H3,(H,30,35). The summed E-state index contributed by atoms with van der Waals surface area (Å²) in [4.78, 5) is 54.6. The van der Waals surface area contributed by atoms with Gasteiger partial charge in [0.1, 0.15) is 11.2 Å². The first-order chi connectivity index (χ1) is 18.3. The van der Waals surface area contributed by atoms with Crippen molar-refractivity contribution in [3.8, 4) is 5.75 Å². The van der Waals surface area contributed by atoms with Crippen LogP contribution >= 0.6 is 0 Å². The summed E-state index contributed by atoms with van der Waals surface area (Å²) in [5.41, 5.74) is 1.07. The van der Waals surface area contributed by atoms with Crippen LogP contribution in [0, 0.1) is 16.0 Å². The zero-order valence-electron chi connectivity index (χ0n) is 20.6. The molecular weight excluding hydrogens is 486 g/mol. The van der Waals surface area contributed by atoms with Crippen molar-refractivity contribution in [2.24, 2.45) is 5.92 Å². The quantitative estimate of drug-likeness (QED) is 0.312. The number of nitrogens with zero attached hydrogens (tertiary/aromatic N) is 2. The number of carbonyl (C=O) groups excluding carboxylic acids is 3. The average Bonchev–Trinajstić information content (AvgIpc) is 3.40. The molecule has 3 heterocycles. The van der Waals surface area contributed by atoms with Crippen LogP contribution in [0.4, 0.5) is 17.1 Å². The summed E-state index contributed by atoms with van der Waals surface area (Å²) in [6.07, 6.45) is 3.74. The first kappa shape index (κ1) is 23.6. The molecule has 38 heavy (non-hydrogen) atoms. The molecule has 3 aliphatic heterocycles. The maximum absolute atomic E-state index is 14.4. The number of hydrogen-bond acceptors (Lipinski definition) is 7. The van der Waals surface area contributed by atoms with Crippen LogP contribution in [0.1, 0.15) is 28.4 Å². The van der Waals surface area contributed by atoms with Gasteiger partial charge < -0.3 is 15.0 Å². The van der Waals surface area contributed by atoms with Crippen molar-refractivity contribution >= 4 is 40.6 Å². The number of ether oxygens (including phenoxy) is 1. The van der Waals surface area contributed by atoms with Crippen LogP contribution < -0.4 is 15.0 Å². The van der Waals surface area contributed by atoms with Crippen molar-refractivity contribution in [1.82, 2.24) is 0 Å². The zero-order chi connectivity index (χ0) is 26.8. The van der Waals surface area contributed by atoms with E-state index in [-0.39, 0.29) is 22.9 Å². The SMILES string of the molecule is COc1ccc2c(c1)C=CC1N2C(C(C)=O)C(C(=O)c2cccc([N+](=O)[O-])c2)C12C(=O)Nc1ccccc12. The minimum absolute atomic E-state index is 0.0748. The molecule has 3 aromatic carbocycles. The van der Waals surface area contributed by atoms with Crippen LogP contribution in [0.2, 0.25) is 0 Å². The number of carbonyl (C=O) groups is 3. The molecular formula is C29H23N3O6. The second-order valence-corrected chi connectivity index (χ2v) is 9.71. The highest BCUT2D eigenvalue weighted by Crippen LogP contribution is 2.58. The van der Waals surface area contributed by atoms with Crippen molar-refractivity contribution < 1.29 is 24.0 Å². The van der Waals surface area contributed by atoms with Crippen LogP contribution in [-0.2, 0) is 15.0 Å². The lowest BCUT2D eigenvalue weighted by Crippen LogP contribution is -2.51. The van der Waals surface area contributed by atoms with Gasteiger partial charge in [-0.1, -0.05) is 42.5 Å². The largest absolute Gasteiger partial charge is 0.497 e. The van der Waals surface area contributed by atoms with Crippen molar-refractivity contribution in [2.75, 3.05) is 17.3 Å². The van der Waals surface area contributed by atoms with Crippen LogP contribution in [0.15, 0.2) is 72.8 Å². The summed E-state index contributed by atoms with van der Waals surface area (Å²) in [6.45, 7) is 1.41. The Kier molecular flexibility index (Phi) is 5.20. The number of fused-ring (bicyclic) bond motifs is 6. The normalized spacial score (nSPS) is 24.4. The molecule has 9 heteroatoms. The fraction of sp³-hybridized carbons (Fsp3) is 0.207. The Bertz CT molecular complexity index is 1580. The topological polar surface area (TPSA) is 119 Å². The molecule has 1 spiro atoms. The van der Waals surface area contributed by atoms with E-state index < -0.39 is 34.1 Å². The maximum Gasteiger partial charge on any atom is 0.270 e. The van der Waals surface area contributed by atoms with Crippen LogP contribution in [-0.4, -0.2) is 41.6 Å². The summed E-state index contributed by atoms with van der Waals surface area (Å²) < 4.78 is 5.38. The van der Waals surface area contributed by atoms with Gasteiger partial charge in [-0.05, 0) is 36.8 Å². The fourth-order valence-corrected chi connectivity index (χ4v) is 6.39. The molecule has 0 aliphatic carbocycles. The van der Waals surface area contributed by atoms with Gasteiger partial charge in [0, 0.05) is 34.6 Å².